The number of aryl methyl sites for hydroxylation is 1. The fourth-order valence-corrected chi connectivity index (χ4v) is 5.66. The van der Waals surface area contributed by atoms with Crippen LogP contribution in [0.25, 0.3) is 22.2 Å². The van der Waals surface area contributed by atoms with Gasteiger partial charge in [0, 0.05) is 61.8 Å². The third-order valence-corrected chi connectivity index (χ3v) is 7.44. The van der Waals surface area contributed by atoms with Crippen molar-refractivity contribution < 1.29 is 13.5 Å². The lowest BCUT2D eigenvalue weighted by atomic mass is 10.00. The predicted octanol–water partition coefficient (Wildman–Crippen LogP) is 4.36. The van der Waals surface area contributed by atoms with Gasteiger partial charge in [-0.2, -0.15) is 0 Å². The van der Waals surface area contributed by atoms with Crippen LogP contribution in [0.4, 0.5) is 20.5 Å². The van der Waals surface area contributed by atoms with Gasteiger partial charge in [0.15, 0.2) is 5.82 Å². The van der Waals surface area contributed by atoms with Crippen LogP contribution >= 0.6 is 0 Å². The van der Waals surface area contributed by atoms with E-state index in [1.807, 2.05) is 25.3 Å². The van der Waals surface area contributed by atoms with Crippen LogP contribution in [0.3, 0.4) is 0 Å². The first-order valence-electron chi connectivity index (χ1n) is 13.3. The molecule has 5 heterocycles. The number of halogens is 2. The second-order valence-corrected chi connectivity index (χ2v) is 10.5. The van der Waals surface area contributed by atoms with Crippen LogP contribution in [0, 0.1) is 18.6 Å². The molecule has 0 bridgehead atoms. The zero-order valence-corrected chi connectivity index (χ0v) is 22.3. The first-order chi connectivity index (χ1) is 18.9. The average Bonchev–Trinajstić information content (AvgIpc) is 3.27. The molecule has 6 rings (SSSR count). The van der Waals surface area contributed by atoms with Crippen LogP contribution < -0.4 is 10.6 Å². The number of rotatable bonds is 6. The Morgan fingerprint density at radius 3 is 2.72 bits per heavy atom. The standard InChI is InChI=1S/C28H32F2N8O/c1-16(2)38-17(3)35-27-21(29)8-19(9-24(27)38)20-10-26(32-13-22(20)30)36-28-33-11-18(12-34-28)14-37-6-4-23-25(15-37)39-7-5-31-23/h8-13,16,23,25,31H,4-7,14-15H2,1-3H3,(H,32,33,34,36). The summed E-state index contributed by atoms with van der Waals surface area (Å²) in [6.07, 6.45) is 5.96. The highest BCUT2D eigenvalue weighted by Crippen LogP contribution is 2.32. The van der Waals surface area contributed by atoms with Gasteiger partial charge in [0.25, 0.3) is 0 Å². The van der Waals surface area contributed by atoms with Crippen LogP contribution in [0.5, 0.6) is 0 Å². The summed E-state index contributed by atoms with van der Waals surface area (Å²) in [6.45, 7) is 10.1. The molecular weight excluding hydrogens is 502 g/mol. The zero-order valence-electron chi connectivity index (χ0n) is 22.3. The number of piperidine rings is 1. The largest absolute Gasteiger partial charge is 0.374 e. The molecule has 2 aliphatic heterocycles. The van der Waals surface area contributed by atoms with Gasteiger partial charge in [0.1, 0.15) is 23.0 Å². The summed E-state index contributed by atoms with van der Waals surface area (Å²) in [4.78, 5) is 19.7. The van der Waals surface area contributed by atoms with E-state index in [-0.39, 0.29) is 23.2 Å². The molecule has 9 nitrogen and oxygen atoms in total. The summed E-state index contributed by atoms with van der Waals surface area (Å²) in [5, 5.41) is 6.58. The fourth-order valence-electron chi connectivity index (χ4n) is 5.66. The number of imidazole rings is 1. The second-order valence-electron chi connectivity index (χ2n) is 10.5. The van der Waals surface area contributed by atoms with Gasteiger partial charge in [-0.15, -0.1) is 0 Å². The third kappa shape index (κ3) is 5.21. The lowest BCUT2D eigenvalue weighted by molar-refractivity contribution is -0.0489. The normalized spacial score (nSPS) is 19.9. The van der Waals surface area contributed by atoms with Gasteiger partial charge in [-0.1, -0.05) is 0 Å². The Kier molecular flexibility index (Phi) is 6.96. The van der Waals surface area contributed by atoms with Gasteiger partial charge in [-0.25, -0.2) is 28.7 Å². The van der Waals surface area contributed by atoms with E-state index < -0.39 is 11.6 Å². The molecule has 1 aromatic carbocycles. The number of fused-ring (bicyclic) bond motifs is 2. The van der Waals surface area contributed by atoms with E-state index in [2.05, 4.69) is 35.5 Å². The minimum atomic E-state index is -0.552. The highest BCUT2D eigenvalue weighted by Gasteiger charge is 2.31. The predicted molar refractivity (Wildman–Crippen MR) is 145 cm³/mol. The number of likely N-dealkylation sites (tertiary alicyclic amines) is 1. The number of hydrogen-bond acceptors (Lipinski definition) is 8. The number of benzene rings is 1. The molecule has 2 N–H and O–H groups in total. The number of ether oxygens (including phenoxy) is 1. The Balaban J connectivity index is 1.19. The molecule has 0 aliphatic carbocycles. The van der Waals surface area contributed by atoms with E-state index in [0.29, 0.717) is 34.7 Å². The van der Waals surface area contributed by atoms with Crippen molar-refractivity contribution in [3.8, 4) is 11.1 Å². The summed E-state index contributed by atoms with van der Waals surface area (Å²) >= 11 is 0. The van der Waals surface area contributed by atoms with Crippen molar-refractivity contribution in [1.29, 1.82) is 0 Å². The Labute approximate surface area is 225 Å². The van der Waals surface area contributed by atoms with Gasteiger partial charge < -0.3 is 19.9 Å². The molecular formula is C28H32F2N8O. The van der Waals surface area contributed by atoms with Crippen LogP contribution in [-0.2, 0) is 11.3 Å². The zero-order chi connectivity index (χ0) is 27.1. The number of hydrogen-bond donors (Lipinski definition) is 2. The number of nitrogens with zero attached hydrogens (tertiary/aromatic N) is 6. The molecule has 0 saturated carbocycles. The smallest absolute Gasteiger partial charge is 0.228 e. The van der Waals surface area contributed by atoms with Gasteiger partial charge in [-0.05, 0) is 51.0 Å². The lowest BCUT2D eigenvalue weighted by Crippen LogP contribution is -2.57. The molecule has 0 radical (unpaired) electrons. The first kappa shape index (κ1) is 25.7. The van der Waals surface area contributed by atoms with Crippen LogP contribution in [-0.4, -0.2) is 67.8 Å². The molecule has 2 unspecified atom stereocenters. The number of aromatic nitrogens is 5. The molecule has 2 aliphatic rings. The Morgan fingerprint density at radius 2 is 1.92 bits per heavy atom. The van der Waals surface area contributed by atoms with E-state index in [4.69, 9.17) is 4.74 Å². The van der Waals surface area contributed by atoms with Crippen molar-refractivity contribution in [2.24, 2.45) is 0 Å². The van der Waals surface area contributed by atoms with Crippen molar-refractivity contribution in [1.82, 2.24) is 34.7 Å². The topological polar surface area (TPSA) is 93.0 Å². The number of pyridine rings is 1. The monoisotopic (exact) mass is 534 g/mol. The minimum absolute atomic E-state index is 0.0775. The maximum Gasteiger partial charge on any atom is 0.228 e. The number of anilines is 2. The first-order valence-corrected chi connectivity index (χ1v) is 13.3. The molecule has 4 aromatic rings. The molecule has 3 aromatic heterocycles. The number of nitrogens with one attached hydrogen (secondary N) is 2. The van der Waals surface area contributed by atoms with Gasteiger partial charge in [-0.3, -0.25) is 4.90 Å². The van der Waals surface area contributed by atoms with Crippen LogP contribution in [0.15, 0.2) is 36.8 Å². The van der Waals surface area contributed by atoms with Crippen molar-refractivity contribution in [3.05, 3.63) is 59.8 Å². The van der Waals surface area contributed by atoms with Crippen LogP contribution in [0.2, 0.25) is 0 Å². The second kappa shape index (κ2) is 10.6. The molecule has 39 heavy (non-hydrogen) atoms. The van der Waals surface area contributed by atoms with Crippen molar-refractivity contribution >= 4 is 22.8 Å². The maximum absolute atomic E-state index is 15.0. The van der Waals surface area contributed by atoms with Crippen LogP contribution in [0.1, 0.15) is 37.7 Å². The molecule has 2 atom stereocenters. The van der Waals surface area contributed by atoms with Crippen molar-refractivity contribution in [2.45, 2.75) is 51.9 Å². The number of morpholine rings is 1. The van der Waals surface area contributed by atoms with Gasteiger partial charge >= 0.3 is 0 Å². The fraction of sp³-hybridized carbons (Fsp3) is 0.429. The SMILES string of the molecule is Cc1nc2c(F)cc(-c3cc(Nc4ncc(CN5CCC6NCCOC6C5)cn4)ncc3F)cc2n1C(C)C. The van der Waals surface area contributed by atoms with Crippen molar-refractivity contribution in [2.75, 3.05) is 31.6 Å². The summed E-state index contributed by atoms with van der Waals surface area (Å²) in [5.41, 5.74) is 2.52. The highest BCUT2D eigenvalue weighted by atomic mass is 19.1. The van der Waals surface area contributed by atoms with E-state index in [1.54, 1.807) is 24.5 Å². The molecule has 2 fully saturated rings. The lowest BCUT2D eigenvalue weighted by Gasteiger charge is -2.41. The summed E-state index contributed by atoms with van der Waals surface area (Å²) < 4.78 is 37.7. The molecule has 0 amide bonds. The highest BCUT2D eigenvalue weighted by molar-refractivity contribution is 5.84. The average molecular weight is 535 g/mol. The van der Waals surface area contributed by atoms with E-state index >= 15 is 0 Å². The molecule has 0 spiro atoms. The molecule has 11 heteroatoms. The minimum Gasteiger partial charge on any atom is -0.374 e. The molecule has 2 saturated heterocycles. The summed E-state index contributed by atoms with van der Waals surface area (Å²) in [7, 11) is 0. The van der Waals surface area contributed by atoms with E-state index in [9.17, 15) is 8.78 Å². The van der Waals surface area contributed by atoms with Gasteiger partial charge in [0.2, 0.25) is 5.95 Å². The van der Waals surface area contributed by atoms with E-state index in [0.717, 1.165) is 51.0 Å². The summed E-state index contributed by atoms with van der Waals surface area (Å²) in [6, 6.07) is 5.13. The summed E-state index contributed by atoms with van der Waals surface area (Å²) in [5.74, 6) is 0.363. The Bertz CT molecular complexity index is 1490. The molecule has 204 valence electrons. The Hall–Kier alpha value is -3.54. The quantitative estimate of drug-likeness (QED) is 0.377. The van der Waals surface area contributed by atoms with Crippen molar-refractivity contribution in [3.63, 3.8) is 0 Å². The van der Waals surface area contributed by atoms with Gasteiger partial charge in [0.05, 0.1) is 24.4 Å². The van der Waals surface area contributed by atoms with E-state index in [1.165, 1.54) is 6.07 Å². The Morgan fingerprint density at radius 1 is 1.10 bits per heavy atom. The third-order valence-electron chi connectivity index (χ3n) is 7.44. The maximum atomic E-state index is 15.0.